The van der Waals surface area contributed by atoms with Crippen LogP contribution in [0.2, 0.25) is 10.0 Å². The summed E-state index contributed by atoms with van der Waals surface area (Å²) in [6.07, 6.45) is 3.40. The second kappa shape index (κ2) is 9.13. The molecule has 4 rings (SSSR count). The average molecular weight is 475 g/mol. The van der Waals surface area contributed by atoms with Crippen LogP contribution < -0.4 is 0 Å². The number of halogens is 2. The maximum absolute atomic E-state index is 11.7. The molecule has 158 valence electrons. The van der Waals surface area contributed by atoms with Gasteiger partial charge in [-0.2, -0.15) is 0 Å². The van der Waals surface area contributed by atoms with Gasteiger partial charge in [-0.25, -0.2) is 4.79 Å². The molecule has 1 aromatic carbocycles. The number of benzene rings is 1. The molecule has 0 aliphatic heterocycles. The van der Waals surface area contributed by atoms with Crippen LogP contribution in [0.25, 0.3) is 17.1 Å². The van der Waals surface area contributed by atoms with Gasteiger partial charge in [-0.1, -0.05) is 35.0 Å². The van der Waals surface area contributed by atoms with Crippen LogP contribution in [-0.2, 0) is 4.74 Å². The summed E-state index contributed by atoms with van der Waals surface area (Å²) in [4.78, 5) is 15.9. The summed E-state index contributed by atoms with van der Waals surface area (Å²) in [5.74, 6) is 0.834. The van der Waals surface area contributed by atoms with E-state index in [9.17, 15) is 4.79 Å². The van der Waals surface area contributed by atoms with Crippen molar-refractivity contribution in [2.45, 2.75) is 17.3 Å². The molecular weight excluding hydrogens is 459 g/mol. The molecule has 0 aliphatic carbocycles. The van der Waals surface area contributed by atoms with Crippen LogP contribution in [0, 0.1) is 0 Å². The average Bonchev–Trinajstić information content (AvgIpc) is 3.43. The topological polar surface area (TPSA) is 83.0 Å². The van der Waals surface area contributed by atoms with Gasteiger partial charge in [0, 0.05) is 18.0 Å². The van der Waals surface area contributed by atoms with Gasteiger partial charge in [0.1, 0.15) is 5.76 Å². The quantitative estimate of drug-likeness (QED) is 0.255. The summed E-state index contributed by atoms with van der Waals surface area (Å²) in [5.41, 5.74) is 1.55. The number of thioether (sulfide) groups is 1. The highest BCUT2D eigenvalue weighted by Crippen LogP contribution is 2.38. The summed E-state index contributed by atoms with van der Waals surface area (Å²) < 4.78 is 12.2. The van der Waals surface area contributed by atoms with Crippen molar-refractivity contribution in [2.75, 3.05) is 7.11 Å². The van der Waals surface area contributed by atoms with Crippen LogP contribution in [0.5, 0.6) is 0 Å². The Morgan fingerprint density at radius 3 is 2.71 bits per heavy atom. The smallest absolute Gasteiger partial charge is 0.373 e. The lowest BCUT2D eigenvalue weighted by Gasteiger charge is -2.13. The number of esters is 1. The summed E-state index contributed by atoms with van der Waals surface area (Å²) in [7, 11) is 1.31. The number of hydrogen-bond acceptors (Lipinski definition) is 7. The van der Waals surface area contributed by atoms with Gasteiger partial charge >= 0.3 is 5.97 Å². The van der Waals surface area contributed by atoms with Gasteiger partial charge in [0.05, 0.1) is 28.1 Å². The highest BCUT2D eigenvalue weighted by molar-refractivity contribution is 7.99. The maximum atomic E-state index is 11.7. The van der Waals surface area contributed by atoms with E-state index in [1.165, 1.54) is 18.9 Å². The third kappa shape index (κ3) is 4.46. The molecule has 1 unspecified atom stereocenters. The van der Waals surface area contributed by atoms with Crippen molar-refractivity contribution in [1.82, 2.24) is 19.7 Å². The van der Waals surface area contributed by atoms with Crippen molar-refractivity contribution in [3.63, 3.8) is 0 Å². The number of methoxy groups -OCH3 is 1. The van der Waals surface area contributed by atoms with E-state index in [2.05, 4.69) is 15.2 Å². The number of nitrogens with zero attached hydrogens (tertiary/aromatic N) is 4. The number of pyridine rings is 1. The molecule has 0 saturated carbocycles. The van der Waals surface area contributed by atoms with Crippen molar-refractivity contribution in [3.8, 4) is 17.1 Å². The zero-order valence-corrected chi connectivity index (χ0v) is 18.8. The summed E-state index contributed by atoms with van der Waals surface area (Å²) >= 11 is 13.8. The fourth-order valence-corrected chi connectivity index (χ4v) is 4.12. The SMILES string of the molecule is COC(=O)c1ccc(C(C)Sc2nnc(-c3cccnc3)n2-c2ccc(Cl)c(Cl)c2)o1. The largest absolute Gasteiger partial charge is 0.463 e. The van der Waals surface area contributed by atoms with E-state index in [0.717, 1.165) is 11.3 Å². The first-order valence-corrected chi connectivity index (χ1v) is 10.8. The molecule has 0 spiro atoms. The highest BCUT2D eigenvalue weighted by Gasteiger charge is 2.22. The van der Waals surface area contributed by atoms with Crippen LogP contribution in [0.1, 0.15) is 28.5 Å². The van der Waals surface area contributed by atoms with E-state index in [1.54, 1.807) is 36.7 Å². The van der Waals surface area contributed by atoms with E-state index in [1.807, 2.05) is 29.7 Å². The zero-order valence-electron chi connectivity index (χ0n) is 16.5. The predicted molar refractivity (Wildman–Crippen MR) is 119 cm³/mol. The zero-order chi connectivity index (χ0) is 22.0. The fourth-order valence-electron chi connectivity index (χ4n) is 2.88. The summed E-state index contributed by atoms with van der Waals surface area (Å²) in [6.45, 7) is 1.95. The normalized spacial score (nSPS) is 12.0. The first kappa shape index (κ1) is 21.4. The first-order chi connectivity index (χ1) is 15.0. The minimum absolute atomic E-state index is 0.145. The standard InChI is InChI=1S/C21H16Cl2N4O3S/c1-12(17-7-8-18(30-17)20(28)29-2)31-21-26-25-19(13-4-3-9-24-11-13)27(21)14-5-6-15(22)16(23)10-14/h3-12H,1-2H3. The lowest BCUT2D eigenvalue weighted by atomic mass is 10.2. The molecule has 4 aromatic rings. The van der Waals surface area contributed by atoms with Crippen LogP contribution >= 0.6 is 35.0 Å². The molecule has 3 heterocycles. The lowest BCUT2D eigenvalue weighted by Crippen LogP contribution is -2.01. The number of ether oxygens (including phenoxy) is 1. The molecule has 0 N–H and O–H groups in total. The summed E-state index contributed by atoms with van der Waals surface area (Å²) in [5, 5.41) is 10.1. The number of furan rings is 1. The van der Waals surface area contributed by atoms with Crippen molar-refractivity contribution < 1.29 is 13.9 Å². The Morgan fingerprint density at radius 1 is 1.16 bits per heavy atom. The Hall–Kier alpha value is -2.81. The van der Waals surface area contributed by atoms with Gasteiger partial charge < -0.3 is 9.15 Å². The van der Waals surface area contributed by atoms with Gasteiger partial charge in [-0.3, -0.25) is 9.55 Å². The third-order valence-corrected chi connectivity index (χ3v) is 6.21. The molecule has 0 bridgehead atoms. The molecule has 1 atom stereocenters. The van der Waals surface area contributed by atoms with Gasteiger partial charge in [-0.15, -0.1) is 10.2 Å². The molecule has 31 heavy (non-hydrogen) atoms. The Bertz CT molecular complexity index is 1230. The molecule has 3 aromatic heterocycles. The molecular formula is C21H16Cl2N4O3S. The molecule has 10 heteroatoms. The minimum Gasteiger partial charge on any atom is -0.463 e. The van der Waals surface area contributed by atoms with E-state index in [4.69, 9.17) is 32.4 Å². The van der Waals surface area contributed by atoms with Crippen molar-refractivity contribution in [3.05, 3.63) is 76.4 Å². The van der Waals surface area contributed by atoms with Gasteiger partial charge in [0.15, 0.2) is 11.0 Å². The Labute approximate surface area is 192 Å². The second-order valence-corrected chi connectivity index (χ2v) is 8.56. The third-order valence-electron chi connectivity index (χ3n) is 4.41. The number of carbonyl (C=O) groups is 1. The summed E-state index contributed by atoms with van der Waals surface area (Å²) in [6, 6.07) is 12.4. The van der Waals surface area contributed by atoms with Crippen LogP contribution in [0.15, 0.2) is 64.4 Å². The number of carbonyl (C=O) groups excluding carboxylic acids is 1. The lowest BCUT2D eigenvalue weighted by molar-refractivity contribution is 0.0563. The van der Waals surface area contributed by atoms with Crippen molar-refractivity contribution in [1.29, 1.82) is 0 Å². The molecule has 0 fully saturated rings. The molecule has 0 amide bonds. The maximum Gasteiger partial charge on any atom is 0.373 e. The van der Waals surface area contributed by atoms with Gasteiger partial charge in [0.2, 0.25) is 5.76 Å². The van der Waals surface area contributed by atoms with E-state index >= 15 is 0 Å². The van der Waals surface area contributed by atoms with Gasteiger partial charge in [0.25, 0.3) is 0 Å². The van der Waals surface area contributed by atoms with E-state index in [0.29, 0.717) is 26.8 Å². The minimum atomic E-state index is -0.527. The number of aromatic nitrogens is 4. The molecule has 0 aliphatic rings. The second-order valence-electron chi connectivity index (χ2n) is 6.44. The Balaban J connectivity index is 1.74. The van der Waals surface area contributed by atoms with E-state index < -0.39 is 5.97 Å². The number of hydrogen-bond donors (Lipinski definition) is 0. The predicted octanol–water partition coefficient (Wildman–Crippen LogP) is 5.87. The first-order valence-electron chi connectivity index (χ1n) is 9.14. The van der Waals surface area contributed by atoms with Crippen molar-refractivity contribution in [2.24, 2.45) is 0 Å². The van der Waals surface area contributed by atoms with Crippen LogP contribution in [-0.4, -0.2) is 32.8 Å². The monoisotopic (exact) mass is 474 g/mol. The Kier molecular flexibility index (Phi) is 6.31. The van der Waals surface area contributed by atoms with Gasteiger partial charge in [-0.05, 0) is 49.4 Å². The van der Waals surface area contributed by atoms with Crippen LogP contribution in [0.4, 0.5) is 0 Å². The van der Waals surface area contributed by atoms with Crippen molar-refractivity contribution >= 4 is 40.9 Å². The molecule has 0 saturated heterocycles. The number of rotatable bonds is 6. The molecule has 0 radical (unpaired) electrons. The van der Waals surface area contributed by atoms with Crippen LogP contribution in [0.3, 0.4) is 0 Å². The Morgan fingerprint density at radius 2 is 2.00 bits per heavy atom. The molecule has 7 nitrogen and oxygen atoms in total. The fraction of sp³-hybridized carbons (Fsp3) is 0.143. The highest BCUT2D eigenvalue weighted by atomic mass is 35.5. The van der Waals surface area contributed by atoms with E-state index in [-0.39, 0.29) is 11.0 Å².